The van der Waals surface area contributed by atoms with Gasteiger partial charge in [0.15, 0.2) is 6.61 Å². The van der Waals surface area contributed by atoms with Gasteiger partial charge in [-0.05, 0) is 79.4 Å². The van der Waals surface area contributed by atoms with E-state index in [9.17, 15) is 13.2 Å². The molecule has 3 aromatic rings. The summed E-state index contributed by atoms with van der Waals surface area (Å²) in [6.07, 6.45) is 0.690. The molecule has 174 valence electrons. The van der Waals surface area contributed by atoms with Crippen molar-refractivity contribution in [1.82, 2.24) is 5.32 Å². The fourth-order valence-corrected chi connectivity index (χ4v) is 4.22. The number of benzene rings is 3. The monoisotopic (exact) mass is 468 g/mol. The van der Waals surface area contributed by atoms with Crippen LogP contribution in [0.25, 0.3) is 0 Å². The third-order valence-electron chi connectivity index (χ3n) is 5.04. The molecule has 33 heavy (non-hydrogen) atoms. The predicted octanol–water partition coefficient (Wildman–Crippen LogP) is 3.85. The van der Waals surface area contributed by atoms with Crippen LogP contribution in [0.3, 0.4) is 0 Å². The molecular formula is C25H28N2O5S. The summed E-state index contributed by atoms with van der Waals surface area (Å²) in [6.45, 7) is 4.07. The van der Waals surface area contributed by atoms with Crippen LogP contribution in [0.5, 0.6) is 11.5 Å². The van der Waals surface area contributed by atoms with Crippen LogP contribution >= 0.6 is 0 Å². The third kappa shape index (κ3) is 6.98. The van der Waals surface area contributed by atoms with Crippen LogP contribution in [-0.2, 0) is 21.2 Å². The second-order valence-electron chi connectivity index (χ2n) is 7.63. The summed E-state index contributed by atoms with van der Waals surface area (Å²) in [5, 5.41) is 2.80. The van der Waals surface area contributed by atoms with E-state index in [4.69, 9.17) is 9.47 Å². The van der Waals surface area contributed by atoms with Gasteiger partial charge in [0.1, 0.15) is 11.5 Å². The Labute approximate surface area is 194 Å². The zero-order valence-electron chi connectivity index (χ0n) is 18.9. The van der Waals surface area contributed by atoms with Gasteiger partial charge in [-0.15, -0.1) is 0 Å². The van der Waals surface area contributed by atoms with Crippen molar-refractivity contribution in [2.45, 2.75) is 25.2 Å². The molecule has 8 heteroatoms. The fourth-order valence-electron chi connectivity index (χ4n) is 3.10. The molecule has 0 spiro atoms. The number of anilines is 1. The number of hydrogen-bond donors (Lipinski definition) is 2. The summed E-state index contributed by atoms with van der Waals surface area (Å²) in [5.41, 5.74) is 3.43. The Bertz CT molecular complexity index is 1190. The van der Waals surface area contributed by atoms with Crippen molar-refractivity contribution in [1.29, 1.82) is 0 Å². The maximum absolute atomic E-state index is 12.7. The highest BCUT2D eigenvalue weighted by atomic mass is 32.2. The second kappa shape index (κ2) is 10.9. The average Bonchev–Trinajstić information content (AvgIpc) is 2.80. The van der Waals surface area contributed by atoms with Gasteiger partial charge in [0, 0.05) is 6.54 Å². The van der Waals surface area contributed by atoms with Crippen molar-refractivity contribution in [3.05, 3.63) is 83.4 Å². The van der Waals surface area contributed by atoms with E-state index in [1.807, 2.05) is 50.2 Å². The first-order chi connectivity index (χ1) is 15.8. The minimum atomic E-state index is -3.74. The SMILES string of the molecule is COc1ccc(CCNC(=O)COc2ccc(S(=O)(=O)Nc3cc(C)ccc3C)cc2)cc1. The molecule has 3 aromatic carbocycles. The van der Waals surface area contributed by atoms with E-state index in [2.05, 4.69) is 10.0 Å². The van der Waals surface area contributed by atoms with Gasteiger partial charge in [-0.1, -0.05) is 24.3 Å². The molecule has 0 fully saturated rings. The van der Waals surface area contributed by atoms with Gasteiger partial charge in [0.05, 0.1) is 17.7 Å². The predicted molar refractivity (Wildman–Crippen MR) is 128 cm³/mol. The van der Waals surface area contributed by atoms with Crippen molar-refractivity contribution < 1.29 is 22.7 Å². The number of amides is 1. The minimum absolute atomic E-state index is 0.111. The minimum Gasteiger partial charge on any atom is -0.497 e. The quantitative estimate of drug-likeness (QED) is 0.471. The largest absolute Gasteiger partial charge is 0.497 e. The van der Waals surface area contributed by atoms with Crippen LogP contribution in [0.15, 0.2) is 71.6 Å². The van der Waals surface area contributed by atoms with E-state index in [-0.39, 0.29) is 17.4 Å². The molecule has 0 radical (unpaired) electrons. The molecule has 0 aliphatic carbocycles. The number of sulfonamides is 1. The van der Waals surface area contributed by atoms with E-state index in [0.29, 0.717) is 24.4 Å². The number of carbonyl (C=O) groups is 1. The Morgan fingerprint density at radius 2 is 1.58 bits per heavy atom. The molecule has 0 saturated carbocycles. The van der Waals surface area contributed by atoms with Crippen molar-refractivity contribution >= 4 is 21.6 Å². The lowest BCUT2D eigenvalue weighted by molar-refractivity contribution is -0.123. The van der Waals surface area contributed by atoms with Gasteiger partial charge >= 0.3 is 0 Å². The number of rotatable bonds is 10. The van der Waals surface area contributed by atoms with E-state index < -0.39 is 10.0 Å². The summed E-state index contributed by atoms with van der Waals surface area (Å²) in [6, 6.07) is 19.2. The van der Waals surface area contributed by atoms with E-state index in [1.54, 1.807) is 13.2 Å². The van der Waals surface area contributed by atoms with E-state index in [0.717, 1.165) is 22.4 Å². The summed E-state index contributed by atoms with van der Waals surface area (Å²) >= 11 is 0. The van der Waals surface area contributed by atoms with Gasteiger partial charge in [-0.3, -0.25) is 9.52 Å². The third-order valence-corrected chi connectivity index (χ3v) is 6.42. The van der Waals surface area contributed by atoms with Crippen LogP contribution in [0.1, 0.15) is 16.7 Å². The molecule has 0 atom stereocenters. The Morgan fingerprint density at radius 3 is 2.24 bits per heavy atom. The average molecular weight is 469 g/mol. The number of carbonyl (C=O) groups excluding carboxylic acids is 1. The van der Waals surface area contributed by atoms with Gasteiger partial charge in [-0.2, -0.15) is 0 Å². The van der Waals surface area contributed by atoms with E-state index in [1.165, 1.54) is 24.3 Å². The number of hydrogen-bond acceptors (Lipinski definition) is 5. The molecule has 0 unspecified atom stereocenters. The standard InChI is InChI=1S/C25H28N2O5S/c1-18-4-5-19(2)24(16-18)27-33(29,30)23-12-10-22(11-13-23)32-17-25(28)26-15-14-20-6-8-21(31-3)9-7-20/h4-13,16,27H,14-15,17H2,1-3H3,(H,26,28). The highest BCUT2D eigenvalue weighted by Crippen LogP contribution is 2.22. The Kier molecular flexibility index (Phi) is 7.95. The lowest BCUT2D eigenvalue weighted by Crippen LogP contribution is -2.30. The molecule has 1 amide bonds. The molecule has 0 aromatic heterocycles. The Hall–Kier alpha value is -3.52. The highest BCUT2D eigenvalue weighted by molar-refractivity contribution is 7.92. The molecule has 0 bridgehead atoms. The summed E-state index contributed by atoms with van der Waals surface area (Å²) in [7, 11) is -2.12. The number of aryl methyl sites for hydroxylation is 2. The van der Waals surface area contributed by atoms with Crippen LogP contribution in [0.4, 0.5) is 5.69 Å². The topological polar surface area (TPSA) is 93.7 Å². The van der Waals surface area contributed by atoms with Gasteiger partial charge in [-0.25, -0.2) is 8.42 Å². The first-order valence-electron chi connectivity index (χ1n) is 10.5. The number of ether oxygens (including phenoxy) is 2. The molecule has 0 aliphatic heterocycles. The lowest BCUT2D eigenvalue weighted by atomic mass is 10.1. The number of methoxy groups -OCH3 is 1. The van der Waals surface area contributed by atoms with E-state index >= 15 is 0 Å². The Balaban J connectivity index is 1.48. The highest BCUT2D eigenvalue weighted by Gasteiger charge is 2.15. The van der Waals surface area contributed by atoms with Crippen LogP contribution in [0, 0.1) is 13.8 Å². The molecule has 7 nitrogen and oxygen atoms in total. The van der Waals surface area contributed by atoms with Crippen molar-refractivity contribution in [3.8, 4) is 11.5 Å². The van der Waals surface area contributed by atoms with Gasteiger partial charge in [0.25, 0.3) is 15.9 Å². The molecule has 0 aliphatic rings. The first kappa shape index (κ1) is 24.1. The summed E-state index contributed by atoms with van der Waals surface area (Å²) in [5.74, 6) is 0.943. The zero-order valence-corrected chi connectivity index (χ0v) is 19.7. The first-order valence-corrected chi connectivity index (χ1v) is 12.0. The Morgan fingerprint density at radius 1 is 0.909 bits per heavy atom. The summed E-state index contributed by atoms with van der Waals surface area (Å²) in [4.78, 5) is 12.1. The normalized spacial score (nSPS) is 11.0. The van der Waals surface area contributed by atoms with Crippen LogP contribution < -0.4 is 19.5 Å². The van der Waals surface area contributed by atoms with Crippen molar-refractivity contribution in [3.63, 3.8) is 0 Å². The molecule has 0 saturated heterocycles. The lowest BCUT2D eigenvalue weighted by Gasteiger charge is -2.12. The van der Waals surface area contributed by atoms with Crippen molar-refractivity contribution in [2.24, 2.45) is 0 Å². The molecular weight excluding hydrogens is 440 g/mol. The smallest absolute Gasteiger partial charge is 0.261 e. The van der Waals surface area contributed by atoms with Crippen LogP contribution in [-0.4, -0.2) is 34.6 Å². The number of nitrogens with one attached hydrogen (secondary N) is 2. The zero-order chi connectivity index (χ0) is 23.8. The van der Waals surface area contributed by atoms with Gasteiger partial charge in [0.2, 0.25) is 0 Å². The molecule has 2 N–H and O–H groups in total. The maximum atomic E-state index is 12.7. The molecule has 3 rings (SSSR count). The van der Waals surface area contributed by atoms with Gasteiger partial charge < -0.3 is 14.8 Å². The maximum Gasteiger partial charge on any atom is 0.261 e. The molecule has 0 heterocycles. The van der Waals surface area contributed by atoms with Crippen molar-refractivity contribution in [2.75, 3.05) is 25.0 Å². The fraction of sp³-hybridized carbons (Fsp3) is 0.240. The second-order valence-corrected chi connectivity index (χ2v) is 9.31. The van der Waals surface area contributed by atoms with Crippen LogP contribution in [0.2, 0.25) is 0 Å². The summed E-state index contributed by atoms with van der Waals surface area (Å²) < 4.78 is 38.6.